The smallest absolute Gasteiger partial charge is 0.227 e. The van der Waals surface area contributed by atoms with Gasteiger partial charge in [0, 0.05) is 44.5 Å². The molecule has 258 valence electrons. The molecular weight excluding hydrogens is 671 g/mol. The van der Waals surface area contributed by atoms with Crippen molar-refractivity contribution in [3.8, 4) is 28.3 Å². The molecule has 2 heterocycles. The average Bonchev–Trinajstić information content (AvgIpc) is 3.85. The second-order valence-corrected chi connectivity index (χ2v) is 14.0. The lowest BCUT2D eigenvalue weighted by atomic mass is 9.99. The molecule has 0 amide bonds. The second kappa shape index (κ2) is 12.6. The first-order valence-electron chi connectivity index (χ1n) is 18.6. The molecule has 0 fully saturated rings. The molecule has 0 aliphatic carbocycles. The van der Waals surface area contributed by atoms with Crippen LogP contribution in [-0.2, 0) is 0 Å². The summed E-state index contributed by atoms with van der Waals surface area (Å²) < 4.78 is 8.96. The molecule has 0 bridgehead atoms. The van der Waals surface area contributed by atoms with Gasteiger partial charge in [-0.3, -0.25) is 0 Å². The van der Waals surface area contributed by atoms with E-state index in [1.165, 1.54) is 32.9 Å². The molecule has 11 aromatic rings. The first-order valence-corrected chi connectivity index (χ1v) is 18.6. The zero-order chi connectivity index (χ0) is 36.3. The minimum atomic E-state index is 0.624. The van der Waals surface area contributed by atoms with Gasteiger partial charge in [-0.25, -0.2) is 4.98 Å². The van der Waals surface area contributed by atoms with Gasteiger partial charge < -0.3 is 13.9 Å². The lowest BCUT2D eigenvalue weighted by molar-refractivity contribution is 0.623. The van der Waals surface area contributed by atoms with Crippen LogP contribution in [0.25, 0.3) is 82.7 Å². The average molecular weight is 704 g/mol. The van der Waals surface area contributed by atoms with E-state index in [0.717, 1.165) is 61.0 Å². The van der Waals surface area contributed by atoms with Crippen molar-refractivity contribution in [2.45, 2.75) is 0 Å². The Morgan fingerprint density at radius 3 is 1.76 bits per heavy atom. The van der Waals surface area contributed by atoms with Gasteiger partial charge in [0.1, 0.15) is 5.52 Å². The van der Waals surface area contributed by atoms with Crippen LogP contribution in [0, 0.1) is 0 Å². The molecule has 9 aromatic carbocycles. The molecule has 0 unspecified atom stereocenters. The predicted molar refractivity (Wildman–Crippen MR) is 229 cm³/mol. The van der Waals surface area contributed by atoms with Crippen LogP contribution in [0.4, 0.5) is 17.1 Å². The van der Waals surface area contributed by atoms with E-state index in [2.05, 4.69) is 179 Å². The lowest BCUT2D eigenvalue weighted by Crippen LogP contribution is -2.10. The standard InChI is InChI=1S/C51H33N3O/c1-4-12-34(13-5-1)35-22-26-40(27-23-35)53(42-29-31-48-45(33-42)43-18-10-11-19-47(43)54(48)39-16-8-3-9-17-39)41-28-24-36-20-21-37-25-30-46-50(49(37)44(36)32-41)55-51(52-46)38-14-6-2-7-15-38/h1-33H. The molecule has 0 spiro atoms. The summed E-state index contributed by atoms with van der Waals surface area (Å²) in [5.41, 5.74) is 11.7. The fraction of sp³-hybridized carbons (Fsp3) is 0. The summed E-state index contributed by atoms with van der Waals surface area (Å²) >= 11 is 0. The molecule has 0 saturated carbocycles. The Kier molecular flexibility index (Phi) is 7.14. The summed E-state index contributed by atoms with van der Waals surface area (Å²) in [4.78, 5) is 7.30. The normalized spacial score (nSPS) is 11.6. The van der Waals surface area contributed by atoms with E-state index in [0.29, 0.717) is 5.89 Å². The van der Waals surface area contributed by atoms with Crippen LogP contribution in [0.5, 0.6) is 0 Å². The van der Waals surface area contributed by atoms with Crippen LogP contribution in [0.1, 0.15) is 0 Å². The topological polar surface area (TPSA) is 34.2 Å². The van der Waals surface area contributed by atoms with Gasteiger partial charge in [0.2, 0.25) is 5.89 Å². The number of anilines is 3. The SMILES string of the molecule is c1ccc(-c2ccc(N(c3ccc4ccc5ccc6nc(-c7ccccc7)oc6c5c4c3)c3ccc4c(c3)c3ccccc3n4-c3ccccc3)cc2)cc1. The number of nitrogens with zero attached hydrogens (tertiary/aromatic N) is 3. The number of benzene rings is 9. The molecule has 0 saturated heterocycles. The summed E-state index contributed by atoms with van der Waals surface area (Å²) in [6.45, 7) is 0. The summed E-state index contributed by atoms with van der Waals surface area (Å²) in [5.74, 6) is 0.624. The maximum Gasteiger partial charge on any atom is 0.227 e. The van der Waals surface area contributed by atoms with Crippen molar-refractivity contribution < 1.29 is 4.42 Å². The number of oxazole rings is 1. The van der Waals surface area contributed by atoms with Crippen LogP contribution in [-0.4, -0.2) is 9.55 Å². The third kappa shape index (κ3) is 5.19. The fourth-order valence-electron chi connectivity index (χ4n) is 8.19. The highest BCUT2D eigenvalue weighted by atomic mass is 16.3. The minimum absolute atomic E-state index is 0.624. The number of fused-ring (bicyclic) bond motifs is 8. The number of rotatable bonds is 6. The van der Waals surface area contributed by atoms with Crippen molar-refractivity contribution in [3.63, 3.8) is 0 Å². The third-order valence-corrected chi connectivity index (χ3v) is 10.8. The Bertz CT molecular complexity index is 3180. The van der Waals surface area contributed by atoms with Gasteiger partial charge >= 0.3 is 0 Å². The molecule has 0 N–H and O–H groups in total. The highest BCUT2D eigenvalue weighted by Crippen LogP contribution is 2.43. The predicted octanol–water partition coefficient (Wildman–Crippen LogP) is 14.0. The van der Waals surface area contributed by atoms with E-state index >= 15 is 0 Å². The number of aromatic nitrogens is 2. The summed E-state index contributed by atoms with van der Waals surface area (Å²) in [6.07, 6.45) is 0. The molecular formula is C51H33N3O. The van der Waals surface area contributed by atoms with Crippen molar-refractivity contribution in [3.05, 3.63) is 200 Å². The van der Waals surface area contributed by atoms with Crippen molar-refractivity contribution in [1.82, 2.24) is 9.55 Å². The van der Waals surface area contributed by atoms with Crippen LogP contribution in [0.3, 0.4) is 0 Å². The molecule has 55 heavy (non-hydrogen) atoms. The highest BCUT2D eigenvalue weighted by molar-refractivity contribution is 6.19. The number of hydrogen-bond acceptors (Lipinski definition) is 3. The lowest BCUT2D eigenvalue weighted by Gasteiger charge is -2.26. The third-order valence-electron chi connectivity index (χ3n) is 10.8. The maximum atomic E-state index is 6.60. The molecule has 4 heteroatoms. The largest absolute Gasteiger partial charge is 0.435 e. The van der Waals surface area contributed by atoms with E-state index in [9.17, 15) is 0 Å². The second-order valence-electron chi connectivity index (χ2n) is 14.0. The van der Waals surface area contributed by atoms with E-state index < -0.39 is 0 Å². The van der Waals surface area contributed by atoms with Gasteiger partial charge in [-0.2, -0.15) is 0 Å². The molecule has 0 aliphatic rings. The molecule has 4 nitrogen and oxygen atoms in total. The number of para-hydroxylation sites is 2. The maximum absolute atomic E-state index is 6.60. The van der Waals surface area contributed by atoms with E-state index in [-0.39, 0.29) is 0 Å². The minimum Gasteiger partial charge on any atom is -0.435 e. The van der Waals surface area contributed by atoms with Gasteiger partial charge in [0.05, 0.1) is 11.0 Å². The van der Waals surface area contributed by atoms with Gasteiger partial charge in [-0.1, -0.05) is 121 Å². The molecule has 0 aliphatic heterocycles. The van der Waals surface area contributed by atoms with Crippen LogP contribution >= 0.6 is 0 Å². The number of hydrogen-bond donors (Lipinski definition) is 0. The summed E-state index contributed by atoms with van der Waals surface area (Å²) in [5, 5.41) is 6.85. The molecule has 0 radical (unpaired) electrons. The van der Waals surface area contributed by atoms with Gasteiger partial charge in [0.25, 0.3) is 0 Å². The van der Waals surface area contributed by atoms with E-state index in [1.807, 2.05) is 30.3 Å². The Hall–Kier alpha value is -7.43. The monoisotopic (exact) mass is 703 g/mol. The van der Waals surface area contributed by atoms with Gasteiger partial charge in [0.15, 0.2) is 5.58 Å². The van der Waals surface area contributed by atoms with Crippen LogP contribution in [0.2, 0.25) is 0 Å². The van der Waals surface area contributed by atoms with E-state index in [4.69, 9.17) is 9.40 Å². The molecule has 11 rings (SSSR count). The first-order chi connectivity index (χ1) is 27.3. The molecule has 2 aromatic heterocycles. The molecule has 0 atom stereocenters. The van der Waals surface area contributed by atoms with Gasteiger partial charge in [-0.15, -0.1) is 0 Å². The zero-order valence-electron chi connectivity index (χ0n) is 29.8. The van der Waals surface area contributed by atoms with Crippen molar-refractivity contribution in [2.24, 2.45) is 0 Å². The van der Waals surface area contributed by atoms with Gasteiger partial charge in [-0.05, 0) is 106 Å². The Morgan fingerprint density at radius 2 is 0.982 bits per heavy atom. The quantitative estimate of drug-likeness (QED) is 0.162. The Balaban J connectivity index is 1.14. The van der Waals surface area contributed by atoms with E-state index in [1.54, 1.807) is 0 Å². The van der Waals surface area contributed by atoms with Crippen LogP contribution < -0.4 is 4.90 Å². The highest BCUT2D eigenvalue weighted by Gasteiger charge is 2.20. The summed E-state index contributed by atoms with van der Waals surface area (Å²) in [6, 6.07) is 71.1. The van der Waals surface area contributed by atoms with Crippen molar-refractivity contribution >= 4 is 71.5 Å². The Morgan fingerprint density at radius 1 is 0.418 bits per heavy atom. The van der Waals surface area contributed by atoms with Crippen molar-refractivity contribution in [1.29, 1.82) is 0 Å². The fourth-order valence-corrected chi connectivity index (χ4v) is 8.19. The van der Waals surface area contributed by atoms with Crippen LogP contribution in [0.15, 0.2) is 205 Å². The Labute approximate surface area is 317 Å². The zero-order valence-corrected chi connectivity index (χ0v) is 29.8. The summed E-state index contributed by atoms with van der Waals surface area (Å²) in [7, 11) is 0. The first kappa shape index (κ1) is 31.1. The van der Waals surface area contributed by atoms with Crippen molar-refractivity contribution in [2.75, 3.05) is 4.90 Å².